The van der Waals surface area contributed by atoms with Crippen molar-refractivity contribution in [2.24, 2.45) is 5.92 Å². The summed E-state index contributed by atoms with van der Waals surface area (Å²) in [6.45, 7) is 9.51. The quantitative estimate of drug-likeness (QED) is 0.270. The van der Waals surface area contributed by atoms with Gasteiger partial charge in [0.1, 0.15) is 5.60 Å². The first kappa shape index (κ1) is 28.0. The SMILES string of the molecule is CC(C)CN(CC[C@H](Cc1ccccc1)N(O)C(=O)OC(C)(C)C)S(=O)(=O)c1ccc2ncsc2c1. The Labute approximate surface area is 217 Å². The number of aromatic nitrogens is 1. The first-order valence-electron chi connectivity index (χ1n) is 12.0. The Bertz CT molecular complexity index is 1250. The minimum Gasteiger partial charge on any atom is -0.442 e. The second-order valence-electron chi connectivity index (χ2n) is 10.2. The molecule has 1 aromatic heterocycles. The summed E-state index contributed by atoms with van der Waals surface area (Å²) < 4.78 is 34.9. The minimum absolute atomic E-state index is 0.0792. The average molecular weight is 534 g/mol. The zero-order valence-corrected chi connectivity index (χ0v) is 23.1. The number of rotatable bonds is 10. The molecule has 0 aliphatic heterocycles. The summed E-state index contributed by atoms with van der Waals surface area (Å²) in [5, 5.41) is 11.4. The second kappa shape index (κ2) is 11.7. The van der Waals surface area contributed by atoms with Crippen molar-refractivity contribution in [3.63, 3.8) is 0 Å². The molecule has 0 unspecified atom stereocenters. The third kappa shape index (κ3) is 7.49. The third-order valence-corrected chi connectivity index (χ3v) is 8.11. The van der Waals surface area contributed by atoms with Crippen molar-refractivity contribution in [2.45, 2.75) is 64.0 Å². The van der Waals surface area contributed by atoms with Gasteiger partial charge in [0.15, 0.2) is 0 Å². The number of hydrogen-bond acceptors (Lipinski definition) is 7. The molecule has 36 heavy (non-hydrogen) atoms. The van der Waals surface area contributed by atoms with Crippen molar-refractivity contribution in [1.82, 2.24) is 14.4 Å². The van der Waals surface area contributed by atoms with E-state index in [1.807, 2.05) is 44.2 Å². The lowest BCUT2D eigenvalue weighted by atomic mass is 10.0. The first-order chi connectivity index (χ1) is 16.9. The van der Waals surface area contributed by atoms with Gasteiger partial charge in [0.25, 0.3) is 0 Å². The molecule has 0 saturated heterocycles. The maximum Gasteiger partial charge on any atom is 0.434 e. The number of hydrogen-bond donors (Lipinski definition) is 1. The van der Waals surface area contributed by atoms with E-state index in [1.54, 1.807) is 44.5 Å². The highest BCUT2D eigenvalue weighted by Gasteiger charge is 2.31. The molecule has 0 saturated carbocycles. The fourth-order valence-electron chi connectivity index (χ4n) is 3.81. The van der Waals surface area contributed by atoms with Crippen LogP contribution in [0.2, 0.25) is 0 Å². The van der Waals surface area contributed by atoms with Gasteiger partial charge < -0.3 is 4.74 Å². The number of sulfonamides is 1. The van der Waals surface area contributed by atoms with Gasteiger partial charge >= 0.3 is 6.09 Å². The molecule has 1 N–H and O–H groups in total. The second-order valence-corrected chi connectivity index (χ2v) is 13.0. The fraction of sp³-hybridized carbons (Fsp3) is 0.462. The van der Waals surface area contributed by atoms with Gasteiger partial charge in [0.05, 0.1) is 26.7 Å². The molecule has 0 spiro atoms. The van der Waals surface area contributed by atoms with Crippen LogP contribution in [-0.4, -0.2) is 58.8 Å². The van der Waals surface area contributed by atoms with E-state index in [-0.39, 0.29) is 23.8 Å². The van der Waals surface area contributed by atoms with Crippen LogP contribution in [0.15, 0.2) is 58.9 Å². The highest BCUT2D eigenvalue weighted by Crippen LogP contribution is 2.25. The molecule has 10 heteroatoms. The topological polar surface area (TPSA) is 100 Å². The molecule has 3 aromatic rings. The number of nitrogens with zero attached hydrogens (tertiary/aromatic N) is 3. The molecular formula is C26H35N3O5S2. The van der Waals surface area contributed by atoms with Gasteiger partial charge in [-0.15, -0.1) is 11.3 Å². The molecule has 2 aromatic carbocycles. The molecule has 0 aliphatic rings. The molecule has 196 valence electrons. The Hall–Kier alpha value is -2.53. The normalized spacial score (nSPS) is 13.3. The summed E-state index contributed by atoms with van der Waals surface area (Å²) in [6, 6.07) is 13.7. The van der Waals surface area contributed by atoms with Gasteiger partial charge in [0, 0.05) is 13.1 Å². The number of hydroxylamine groups is 2. The van der Waals surface area contributed by atoms with E-state index in [4.69, 9.17) is 4.74 Å². The van der Waals surface area contributed by atoms with Crippen LogP contribution in [0.5, 0.6) is 0 Å². The van der Waals surface area contributed by atoms with Crippen LogP contribution >= 0.6 is 11.3 Å². The molecular weight excluding hydrogens is 498 g/mol. The van der Waals surface area contributed by atoms with Gasteiger partial charge in [0.2, 0.25) is 10.0 Å². The van der Waals surface area contributed by atoms with E-state index >= 15 is 0 Å². The van der Waals surface area contributed by atoms with Gasteiger partial charge in [-0.05, 0) is 63.3 Å². The summed E-state index contributed by atoms with van der Waals surface area (Å²) in [7, 11) is -3.81. The Morgan fingerprint density at radius 2 is 1.83 bits per heavy atom. The van der Waals surface area contributed by atoms with Gasteiger partial charge in [-0.25, -0.2) is 18.2 Å². The van der Waals surface area contributed by atoms with E-state index < -0.39 is 27.8 Å². The Balaban J connectivity index is 1.86. The smallest absolute Gasteiger partial charge is 0.434 e. The highest BCUT2D eigenvalue weighted by molar-refractivity contribution is 7.89. The molecule has 0 fully saturated rings. The van der Waals surface area contributed by atoms with Crippen molar-refractivity contribution in [3.05, 3.63) is 59.6 Å². The summed E-state index contributed by atoms with van der Waals surface area (Å²) in [5.41, 5.74) is 2.58. The van der Waals surface area contributed by atoms with Gasteiger partial charge in [-0.2, -0.15) is 9.37 Å². The Morgan fingerprint density at radius 1 is 1.14 bits per heavy atom. The van der Waals surface area contributed by atoms with Crippen LogP contribution in [0.25, 0.3) is 10.2 Å². The van der Waals surface area contributed by atoms with Crippen LogP contribution in [-0.2, 0) is 21.2 Å². The summed E-state index contributed by atoms with van der Waals surface area (Å²) in [6.07, 6.45) is -0.296. The van der Waals surface area contributed by atoms with E-state index in [0.717, 1.165) is 15.8 Å². The van der Waals surface area contributed by atoms with Gasteiger partial charge in [-0.3, -0.25) is 5.21 Å². The average Bonchev–Trinajstić information content (AvgIpc) is 3.27. The predicted octanol–water partition coefficient (Wildman–Crippen LogP) is 5.57. The zero-order valence-electron chi connectivity index (χ0n) is 21.4. The lowest BCUT2D eigenvalue weighted by Crippen LogP contribution is -2.45. The van der Waals surface area contributed by atoms with Crippen LogP contribution in [0.3, 0.4) is 0 Å². The number of benzene rings is 2. The van der Waals surface area contributed by atoms with Crippen LogP contribution in [0, 0.1) is 5.92 Å². The zero-order chi connectivity index (χ0) is 26.5. The summed E-state index contributed by atoms with van der Waals surface area (Å²) in [4.78, 5) is 17.1. The molecule has 1 amide bonds. The lowest BCUT2D eigenvalue weighted by molar-refractivity contribution is -0.121. The van der Waals surface area contributed by atoms with Crippen molar-refractivity contribution < 1.29 is 23.2 Å². The Kier molecular flexibility index (Phi) is 9.10. The van der Waals surface area contributed by atoms with Crippen LogP contribution in [0.1, 0.15) is 46.6 Å². The number of amides is 1. The number of carbonyl (C=O) groups excluding carboxylic acids is 1. The van der Waals surface area contributed by atoms with E-state index in [1.165, 1.54) is 15.6 Å². The fourth-order valence-corrected chi connectivity index (χ4v) is 6.25. The first-order valence-corrected chi connectivity index (χ1v) is 14.3. The van der Waals surface area contributed by atoms with Crippen LogP contribution in [0.4, 0.5) is 4.79 Å². The largest absolute Gasteiger partial charge is 0.442 e. The number of fused-ring (bicyclic) bond motifs is 1. The lowest BCUT2D eigenvalue weighted by Gasteiger charge is -2.31. The van der Waals surface area contributed by atoms with E-state index in [0.29, 0.717) is 18.0 Å². The molecule has 0 radical (unpaired) electrons. The van der Waals surface area contributed by atoms with Crippen LogP contribution < -0.4 is 0 Å². The predicted molar refractivity (Wildman–Crippen MR) is 142 cm³/mol. The van der Waals surface area contributed by atoms with Crippen molar-refractivity contribution in [3.8, 4) is 0 Å². The maximum absolute atomic E-state index is 13.6. The minimum atomic E-state index is -3.81. The molecule has 0 bridgehead atoms. The van der Waals surface area contributed by atoms with E-state index in [2.05, 4.69) is 4.98 Å². The molecule has 3 rings (SSSR count). The standard InChI is InChI=1S/C26H35N3O5S2/c1-19(2)17-28(36(32,33)22-11-12-23-24(16-22)35-18-27-23)14-13-21(15-20-9-7-6-8-10-20)29(31)25(30)34-26(3,4)5/h6-12,16,18-19,21,31H,13-15,17H2,1-5H3/t21-/m1/s1. The highest BCUT2D eigenvalue weighted by atomic mass is 32.2. The molecule has 0 aliphatic carbocycles. The number of ether oxygens (including phenoxy) is 1. The monoisotopic (exact) mass is 533 g/mol. The Morgan fingerprint density at radius 3 is 2.47 bits per heavy atom. The number of carbonyl (C=O) groups is 1. The third-order valence-electron chi connectivity index (χ3n) is 5.46. The van der Waals surface area contributed by atoms with Gasteiger partial charge in [-0.1, -0.05) is 44.2 Å². The maximum atomic E-state index is 13.6. The van der Waals surface area contributed by atoms with Crippen molar-refractivity contribution in [1.29, 1.82) is 0 Å². The number of thiazole rings is 1. The molecule has 1 atom stereocenters. The van der Waals surface area contributed by atoms with Crippen molar-refractivity contribution in [2.75, 3.05) is 13.1 Å². The van der Waals surface area contributed by atoms with Crippen molar-refractivity contribution >= 4 is 37.7 Å². The molecule has 8 nitrogen and oxygen atoms in total. The van der Waals surface area contributed by atoms with E-state index in [9.17, 15) is 18.4 Å². The summed E-state index contributed by atoms with van der Waals surface area (Å²) in [5.74, 6) is 0.0792. The molecule has 1 heterocycles. The summed E-state index contributed by atoms with van der Waals surface area (Å²) >= 11 is 1.39.